The van der Waals surface area contributed by atoms with Crippen LogP contribution in [0, 0.1) is 13.5 Å². The Hall–Kier alpha value is -2.60. The van der Waals surface area contributed by atoms with Crippen LogP contribution in [0.2, 0.25) is 5.02 Å². The van der Waals surface area contributed by atoms with Gasteiger partial charge in [0.1, 0.15) is 0 Å². The molecule has 30 heavy (non-hydrogen) atoms. The number of pyridine rings is 1. The molecule has 1 aliphatic rings. The smallest absolute Gasteiger partial charge is 0.211 e. The van der Waals surface area contributed by atoms with E-state index in [1.807, 2.05) is 25.3 Å². The molecule has 0 aliphatic heterocycles. The van der Waals surface area contributed by atoms with Gasteiger partial charge >= 0.3 is 0 Å². The molecule has 0 saturated heterocycles. The molecule has 1 fully saturated rings. The maximum absolute atomic E-state index is 11.7. The second-order valence-corrected chi connectivity index (χ2v) is 10.1. The van der Waals surface area contributed by atoms with Crippen molar-refractivity contribution in [2.45, 2.75) is 43.9 Å². The Morgan fingerprint density at radius 3 is 2.53 bits per heavy atom. The highest BCUT2D eigenvalue weighted by molar-refractivity contribution is 7.89. The van der Waals surface area contributed by atoms with Crippen LogP contribution in [0.4, 0.5) is 11.4 Å². The van der Waals surface area contributed by atoms with Gasteiger partial charge in [-0.2, -0.15) is 0 Å². The largest absolute Gasteiger partial charge is 0.396 e. The number of halogens is 1. The molecular formula is C21H22ClN5O2S. The highest BCUT2D eigenvalue weighted by atomic mass is 35.5. The third kappa shape index (κ3) is 3.54. The number of hydrogen-bond donors (Lipinski definition) is 2. The minimum atomic E-state index is -3.52. The van der Waals surface area contributed by atoms with E-state index in [4.69, 9.17) is 29.0 Å². The fourth-order valence-electron chi connectivity index (χ4n) is 4.33. The lowest BCUT2D eigenvalue weighted by Crippen LogP contribution is -2.32. The number of nitrogen functional groups attached to an aromatic ring is 1. The van der Waals surface area contributed by atoms with Crippen molar-refractivity contribution in [1.29, 1.82) is 0 Å². The standard InChI is InChI=1S/C21H22ClN5O2S/c1-12-7-20-15(8-19(12)25-2)17(16-9-26-10-18(23)21(16)22)11-27(20)13-3-5-14(6-4-13)30(24,28)29/h7-11,13-14H,3-6,23H2,1H3,(H2,24,28,29). The third-order valence-corrected chi connectivity index (χ3v) is 7.79. The number of anilines is 1. The summed E-state index contributed by atoms with van der Waals surface area (Å²) in [6.45, 7) is 9.40. The molecule has 1 saturated carbocycles. The molecule has 9 heteroatoms. The van der Waals surface area contributed by atoms with Gasteiger partial charge in [0, 0.05) is 35.1 Å². The fraction of sp³-hybridized carbons (Fsp3) is 0.333. The first kappa shape index (κ1) is 20.7. The Balaban J connectivity index is 1.86. The zero-order chi connectivity index (χ0) is 21.6. The van der Waals surface area contributed by atoms with Gasteiger partial charge in [0.15, 0.2) is 5.69 Å². The van der Waals surface area contributed by atoms with Crippen LogP contribution >= 0.6 is 11.6 Å². The number of hydrogen-bond acceptors (Lipinski definition) is 4. The molecule has 0 unspecified atom stereocenters. The maximum Gasteiger partial charge on any atom is 0.211 e. The van der Waals surface area contributed by atoms with Crippen LogP contribution in [0.3, 0.4) is 0 Å². The first-order chi connectivity index (χ1) is 14.2. The molecule has 4 rings (SSSR count). The molecule has 0 amide bonds. The van der Waals surface area contributed by atoms with Crippen LogP contribution in [0.1, 0.15) is 37.3 Å². The normalized spacial score (nSPS) is 19.7. The monoisotopic (exact) mass is 443 g/mol. The molecule has 0 atom stereocenters. The van der Waals surface area contributed by atoms with E-state index in [1.165, 1.54) is 6.20 Å². The van der Waals surface area contributed by atoms with Gasteiger partial charge in [-0.25, -0.2) is 18.4 Å². The predicted octanol–water partition coefficient (Wildman–Crippen LogP) is 4.57. The van der Waals surface area contributed by atoms with Crippen molar-refractivity contribution >= 4 is 43.9 Å². The average molecular weight is 444 g/mol. The summed E-state index contributed by atoms with van der Waals surface area (Å²) in [7, 11) is -3.52. The summed E-state index contributed by atoms with van der Waals surface area (Å²) in [5, 5.41) is 6.18. The van der Waals surface area contributed by atoms with Crippen LogP contribution in [0.25, 0.3) is 26.9 Å². The van der Waals surface area contributed by atoms with Crippen LogP contribution in [0.15, 0.2) is 30.7 Å². The summed E-state index contributed by atoms with van der Waals surface area (Å²) in [5.41, 5.74) is 10.4. The molecule has 1 aromatic carbocycles. The first-order valence-electron chi connectivity index (χ1n) is 9.64. The molecule has 4 N–H and O–H groups in total. The van der Waals surface area contributed by atoms with Gasteiger partial charge in [-0.15, -0.1) is 0 Å². The topological polar surface area (TPSA) is 108 Å². The average Bonchev–Trinajstić information content (AvgIpc) is 3.07. The molecule has 0 bridgehead atoms. The quantitative estimate of drug-likeness (QED) is 0.578. The lowest BCUT2D eigenvalue weighted by Gasteiger charge is -2.29. The van der Waals surface area contributed by atoms with Crippen LogP contribution in [-0.2, 0) is 10.0 Å². The van der Waals surface area contributed by atoms with E-state index < -0.39 is 15.3 Å². The zero-order valence-corrected chi connectivity index (χ0v) is 18.0. The second kappa shape index (κ2) is 7.58. The van der Waals surface area contributed by atoms with Gasteiger partial charge in [-0.1, -0.05) is 11.6 Å². The molecule has 156 valence electrons. The fourth-order valence-corrected chi connectivity index (χ4v) is 5.46. The molecule has 2 aromatic heterocycles. The summed E-state index contributed by atoms with van der Waals surface area (Å²) in [4.78, 5) is 7.83. The highest BCUT2D eigenvalue weighted by Crippen LogP contribution is 2.42. The Morgan fingerprint density at radius 1 is 1.20 bits per heavy atom. The molecule has 3 aromatic rings. The van der Waals surface area contributed by atoms with Gasteiger partial charge in [0.25, 0.3) is 0 Å². The summed E-state index contributed by atoms with van der Waals surface area (Å²) in [6.07, 6.45) is 7.66. The lowest BCUT2D eigenvalue weighted by atomic mass is 9.94. The molecule has 7 nitrogen and oxygen atoms in total. The number of sulfonamides is 1. The number of nitrogens with two attached hydrogens (primary N) is 2. The first-order valence-corrected chi connectivity index (χ1v) is 11.6. The molecular weight excluding hydrogens is 422 g/mol. The number of rotatable bonds is 3. The van der Waals surface area contributed by atoms with E-state index in [-0.39, 0.29) is 6.04 Å². The number of primary sulfonamides is 1. The van der Waals surface area contributed by atoms with Crippen molar-refractivity contribution in [3.8, 4) is 11.1 Å². The third-order valence-electron chi connectivity index (χ3n) is 5.97. The van der Waals surface area contributed by atoms with Gasteiger partial charge < -0.3 is 10.3 Å². The van der Waals surface area contributed by atoms with Crippen molar-refractivity contribution in [1.82, 2.24) is 9.55 Å². The zero-order valence-electron chi connectivity index (χ0n) is 16.5. The van der Waals surface area contributed by atoms with E-state index in [2.05, 4.69) is 14.4 Å². The Bertz CT molecular complexity index is 1280. The Morgan fingerprint density at radius 2 is 1.90 bits per heavy atom. The van der Waals surface area contributed by atoms with Crippen LogP contribution in [0.5, 0.6) is 0 Å². The molecule has 1 aliphatic carbocycles. The SMILES string of the molecule is [C-]#[N+]c1cc2c(-c3cncc(N)c3Cl)cn(C3CCC(S(N)(=O)=O)CC3)c2cc1C. The van der Waals surface area contributed by atoms with Crippen molar-refractivity contribution in [2.24, 2.45) is 5.14 Å². The number of aromatic nitrogens is 2. The van der Waals surface area contributed by atoms with E-state index in [9.17, 15) is 8.42 Å². The second-order valence-electron chi connectivity index (χ2n) is 7.83. The summed E-state index contributed by atoms with van der Waals surface area (Å²) in [6, 6.07) is 4.01. The van der Waals surface area contributed by atoms with Crippen molar-refractivity contribution in [3.05, 3.63) is 52.7 Å². The van der Waals surface area contributed by atoms with Gasteiger partial charge in [-0.05, 0) is 55.7 Å². The van der Waals surface area contributed by atoms with Gasteiger partial charge in [0.2, 0.25) is 10.0 Å². The van der Waals surface area contributed by atoms with E-state index in [0.717, 1.165) is 22.0 Å². The van der Waals surface area contributed by atoms with Crippen LogP contribution in [-0.4, -0.2) is 23.2 Å². The number of benzene rings is 1. The van der Waals surface area contributed by atoms with E-state index >= 15 is 0 Å². The van der Waals surface area contributed by atoms with Crippen LogP contribution < -0.4 is 10.9 Å². The lowest BCUT2D eigenvalue weighted by molar-refractivity contribution is 0.359. The van der Waals surface area contributed by atoms with E-state index in [1.54, 1.807) is 6.20 Å². The van der Waals surface area contributed by atoms with Gasteiger partial charge in [0.05, 0.1) is 28.7 Å². The summed E-state index contributed by atoms with van der Waals surface area (Å²) < 4.78 is 25.6. The molecule has 0 radical (unpaired) electrons. The number of aryl methyl sites for hydroxylation is 1. The summed E-state index contributed by atoms with van der Waals surface area (Å²) in [5.74, 6) is 0. The maximum atomic E-state index is 11.7. The Labute approximate surface area is 180 Å². The Kier molecular flexibility index (Phi) is 5.22. The number of nitrogens with zero attached hydrogens (tertiary/aromatic N) is 3. The van der Waals surface area contributed by atoms with Gasteiger partial charge in [-0.3, -0.25) is 4.98 Å². The van der Waals surface area contributed by atoms with Crippen molar-refractivity contribution < 1.29 is 8.42 Å². The van der Waals surface area contributed by atoms with E-state index in [0.29, 0.717) is 47.6 Å². The highest BCUT2D eigenvalue weighted by Gasteiger charge is 2.30. The predicted molar refractivity (Wildman–Crippen MR) is 120 cm³/mol. The minimum Gasteiger partial charge on any atom is -0.396 e. The molecule has 2 heterocycles. The van der Waals surface area contributed by atoms with Crippen molar-refractivity contribution in [3.63, 3.8) is 0 Å². The minimum absolute atomic E-state index is 0.130. The number of fused-ring (bicyclic) bond motifs is 1. The summed E-state index contributed by atoms with van der Waals surface area (Å²) >= 11 is 6.48. The molecule has 0 spiro atoms. The van der Waals surface area contributed by atoms with Crippen molar-refractivity contribution in [2.75, 3.05) is 5.73 Å².